The van der Waals surface area contributed by atoms with Gasteiger partial charge in [-0.25, -0.2) is 9.59 Å². The third kappa shape index (κ3) is 2.44. The Labute approximate surface area is 114 Å². The van der Waals surface area contributed by atoms with Gasteiger partial charge in [0.1, 0.15) is 18.6 Å². The summed E-state index contributed by atoms with van der Waals surface area (Å²) in [5.74, 6) is -2.45. The highest BCUT2D eigenvalue weighted by Gasteiger charge is 2.44. The molecule has 20 heavy (non-hydrogen) atoms. The van der Waals surface area contributed by atoms with E-state index in [1.807, 2.05) is 0 Å². The van der Waals surface area contributed by atoms with E-state index >= 15 is 0 Å². The second-order valence-corrected chi connectivity index (χ2v) is 4.89. The Morgan fingerprint density at radius 1 is 1.30 bits per heavy atom. The predicted molar refractivity (Wildman–Crippen MR) is 63.5 cm³/mol. The molecule has 0 spiro atoms. The topological polar surface area (TPSA) is 127 Å². The number of nitrogens with zero attached hydrogens (tertiary/aromatic N) is 2. The van der Waals surface area contributed by atoms with Gasteiger partial charge >= 0.3 is 12.0 Å². The van der Waals surface area contributed by atoms with E-state index < -0.39 is 42.0 Å². The van der Waals surface area contributed by atoms with Crippen molar-refractivity contribution in [3.63, 3.8) is 0 Å². The van der Waals surface area contributed by atoms with Crippen molar-refractivity contribution in [2.24, 2.45) is 0 Å². The van der Waals surface area contributed by atoms with Gasteiger partial charge < -0.3 is 20.0 Å². The van der Waals surface area contributed by atoms with Gasteiger partial charge in [-0.3, -0.25) is 14.9 Å². The van der Waals surface area contributed by atoms with Crippen molar-refractivity contribution < 1.29 is 29.4 Å². The fourth-order valence-corrected chi connectivity index (χ4v) is 2.37. The summed E-state index contributed by atoms with van der Waals surface area (Å²) in [6.45, 7) is 1.00. The third-order valence-electron chi connectivity index (χ3n) is 3.48. The third-order valence-corrected chi connectivity index (χ3v) is 3.48. The first-order chi connectivity index (χ1) is 9.31. The lowest BCUT2D eigenvalue weighted by molar-refractivity contribution is -0.141. The van der Waals surface area contributed by atoms with Gasteiger partial charge in [0.15, 0.2) is 0 Å². The number of carbonyl (C=O) groups is 4. The van der Waals surface area contributed by atoms with E-state index in [0.717, 1.165) is 9.80 Å². The van der Waals surface area contributed by atoms with Crippen LogP contribution in [0.5, 0.6) is 0 Å². The zero-order chi connectivity index (χ0) is 15.0. The van der Waals surface area contributed by atoms with E-state index in [4.69, 9.17) is 5.11 Å². The smallest absolute Gasteiger partial charge is 0.326 e. The molecular formula is C11H15N3O6. The lowest BCUT2D eigenvalue weighted by Gasteiger charge is -2.35. The number of amides is 4. The summed E-state index contributed by atoms with van der Waals surface area (Å²) in [5, 5.41) is 20.7. The van der Waals surface area contributed by atoms with Crippen LogP contribution in [0.4, 0.5) is 4.79 Å². The summed E-state index contributed by atoms with van der Waals surface area (Å²) in [4.78, 5) is 48.2. The maximum atomic E-state index is 12.3. The average Bonchev–Trinajstić information content (AvgIpc) is 2.75. The molecule has 3 N–H and O–H groups in total. The van der Waals surface area contributed by atoms with Gasteiger partial charge in [0.2, 0.25) is 11.8 Å². The standard InChI is InChI=1S/C11H15N3O6/c1-5-9(17)12-8(16)4-13(5)11(20)14-3-6(15)2-7(14)10(18)19/h5-7,15H,2-4H2,1H3,(H,18,19)(H,12,16,17)/t5?,6-,7-/m0/s1. The first-order valence-corrected chi connectivity index (χ1v) is 6.13. The van der Waals surface area contributed by atoms with E-state index in [1.165, 1.54) is 6.92 Å². The highest BCUT2D eigenvalue weighted by molar-refractivity contribution is 6.04. The van der Waals surface area contributed by atoms with E-state index in [-0.39, 0.29) is 19.5 Å². The van der Waals surface area contributed by atoms with E-state index in [0.29, 0.717) is 0 Å². The number of hydrogen-bond donors (Lipinski definition) is 3. The Hall–Kier alpha value is -2.16. The number of carboxylic acids is 1. The monoisotopic (exact) mass is 285 g/mol. The van der Waals surface area contributed by atoms with Crippen LogP contribution >= 0.6 is 0 Å². The van der Waals surface area contributed by atoms with Crippen LogP contribution in [0.2, 0.25) is 0 Å². The van der Waals surface area contributed by atoms with Gasteiger partial charge in [-0.05, 0) is 6.92 Å². The molecule has 9 nitrogen and oxygen atoms in total. The molecule has 0 aromatic carbocycles. The van der Waals surface area contributed by atoms with Gasteiger partial charge in [0.05, 0.1) is 6.10 Å². The molecule has 2 fully saturated rings. The number of carbonyl (C=O) groups excluding carboxylic acids is 3. The molecule has 2 aliphatic heterocycles. The normalized spacial score (nSPS) is 30.4. The number of piperazine rings is 1. The summed E-state index contributed by atoms with van der Waals surface area (Å²) in [5.41, 5.74) is 0. The van der Waals surface area contributed by atoms with Crippen LogP contribution in [0.25, 0.3) is 0 Å². The molecule has 0 aromatic rings. The van der Waals surface area contributed by atoms with Crippen LogP contribution in [0.15, 0.2) is 0 Å². The SMILES string of the molecule is CC1C(=O)NC(=O)CN1C(=O)N1C[C@@H](O)C[C@H]1C(=O)O. The highest BCUT2D eigenvalue weighted by atomic mass is 16.4. The molecule has 0 aromatic heterocycles. The Kier molecular flexibility index (Phi) is 3.62. The summed E-state index contributed by atoms with van der Waals surface area (Å²) in [6, 6.07) is -2.75. The second-order valence-electron chi connectivity index (χ2n) is 4.89. The van der Waals surface area contributed by atoms with Gasteiger partial charge in [0.25, 0.3) is 0 Å². The zero-order valence-electron chi connectivity index (χ0n) is 10.8. The Balaban J connectivity index is 2.19. The molecule has 2 rings (SSSR count). The van der Waals surface area contributed by atoms with Crippen molar-refractivity contribution in [2.75, 3.05) is 13.1 Å². The Morgan fingerprint density at radius 2 is 1.95 bits per heavy atom. The van der Waals surface area contributed by atoms with E-state index in [9.17, 15) is 24.3 Å². The number of urea groups is 1. The maximum Gasteiger partial charge on any atom is 0.326 e. The lowest BCUT2D eigenvalue weighted by Crippen LogP contribution is -2.62. The minimum absolute atomic E-state index is 0.0660. The molecule has 4 amide bonds. The van der Waals surface area contributed by atoms with Crippen molar-refractivity contribution in [1.29, 1.82) is 0 Å². The molecule has 2 saturated heterocycles. The largest absolute Gasteiger partial charge is 0.480 e. The van der Waals surface area contributed by atoms with Crippen LogP contribution < -0.4 is 5.32 Å². The molecule has 0 radical (unpaired) electrons. The summed E-state index contributed by atoms with van der Waals surface area (Å²) >= 11 is 0. The minimum Gasteiger partial charge on any atom is -0.480 e. The summed E-state index contributed by atoms with van der Waals surface area (Å²) < 4.78 is 0. The number of aliphatic hydroxyl groups is 1. The van der Waals surface area contributed by atoms with E-state index in [2.05, 4.69) is 5.32 Å². The van der Waals surface area contributed by atoms with Crippen molar-refractivity contribution >= 4 is 23.8 Å². The maximum absolute atomic E-state index is 12.3. The van der Waals surface area contributed by atoms with Crippen molar-refractivity contribution in [3.05, 3.63) is 0 Å². The van der Waals surface area contributed by atoms with Gasteiger partial charge in [0, 0.05) is 13.0 Å². The number of nitrogens with one attached hydrogen (secondary N) is 1. The summed E-state index contributed by atoms with van der Waals surface area (Å²) in [6.07, 6.45) is -0.992. The van der Waals surface area contributed by atoms with E-state index in [1.54, 1.807) is 0 Å². The van der Waals surface area contributed by atoms with Crippen LogP contribution in [0, 0.1) is 0 Å². The number of carboxylic acid groups (broad SMARTS) is 1. The van der Waals surface area contributed by atoms with Crippen LogP contribution in [0.3, 0.4) is 0 Å². The Bertz CT molecular complexity index is 479. The number of imide groups is 1. The lowest BCUT2D eigenvalue weighted by atomic mass is 10.2. The van der Waals surface area contributed by atoms with Crippen LogP contribution in [0.1, 0.15) is 13.3 Å². The first-order valence-electron chi connectivity index (χ1n) is 6.13. The minimum atomic E-state index is -1.23. The molecular weight excluding hydrogens is 270 g/mol. The second kappa shape index (κ2) is 5.08. The van der Waals surface area contributed by atoms with Crippen molar-refractivity contribution in [3.8, 4) is 0 Å². The molecule has 1 unspecified atom stereocenters. The number of hydrogen-bond acceptors (Lipinski definition) is 5. The molecule has 0 saturated carbocycles. The average molecular weight is 285 g/mol. The number of likely N-dealkylation sites (tertiary alicyclic amines) is 1. The number of aliphatic carboxylic acids is 1. The number of β-amino-alcohol motifs (C(OH)–C–C–N with tert-alkyl or cyclic N) is 1. The zero-order valence-corrected chi connectivity index (χ0v) is 10.8. The molecule has 110 valence electrons. The number of rotatable bonds is 1. The van der Waals surface area contributed by atoms with Crippen LogP contribution in [-0.2, 0) is 14.4 Å². The fraction of sp³-hybridized carbons (Fsp3) is 0.636. The predicted octanol–water partition coefficient (Wildman–Crippen LogP) is -2.03. The molecule has 3 atom stereocenters. The molecule has 2 heterocycles. The van der Waals surface area contributed by atoms with Crippen molar-refractivity contribution in [1.82, 2.24) is 15.1 Å². The number of aliphatic hydroxyl groups excluding tert-OH is 1. The molecule has 0 aliphatic carbocycles. The van der Waals surface area contributed by atoms with Gasteiger partial charge in [-0.2, -0.15) is 0 Å². The summed E-state index contributed by atoms with van der Waals surface area (Å²) in [7, 11) is 0. The first kappa shape index (κ1) is 14.3. The molecule has 9 heteroatoms. The quantitative estimate of drug-likeness (QED) is 0.477. The molecule has 2 aliphatic rings. The van der Waals surface area contributed by atoms with Gasteiger partial charge in [-0.1, -0.05) is 0 Å². The van der Waals surface area contributed by atoms with Crippen LogP contribution in [-0.4, -0.2) is 75.1 Å². The van der Waals surface area contributed by atoms with Crippen molar-refractivity contribution in [2.45, 2.75) is 31.5 Å². The molecule has 0 bridgehead atoms. The fourth-order valence-electron chi connectivity index (χ4n) is 2.37. The Morgan fingerprint density at radius 3 is 2.55 bits per heavy atom. The van der Waals surface area contributed by atoms with Gasteiger partial charge in [-0.15, -0.1) is 0 Å². The highest BCUT2D eigenvalue weighted by Crippen LogP contribution is 2.21.